The first-order chi connectivity index (χ1) is 15.1. The van der Waals surface area contributed by atoms with Crippen LogP contribution in [-0.4, -0.2) is 23.8 Å². The summed E-state index contributed by atoms with van der Waals surface area (Å²) in [7, 11) is 0. The Balaban J connectivity index is 1.77. The van der Waals surface area contributed by atoms with Crippen molar-refractivity contribution in [1.82, 2.24) is 0 Å². The van der Waals surface area contributed by atoms with Crippen molar-refractivity contribution in [2.45, 2.75) is 93.2 Å². The molecule has 0 heterocycles. The van der Waals surface area contributed by atoms with Crippen LogP contribution in [0.1, 0.15) is 72.9 Å². The van der Waals surface area contributed by atoms with Crippen LogP contribution >= 0.6 is 0 Å². The van der Waals surface area contributed by atoms with E-state index in [0.29, 0.717) is 0 Å². The smallest absolute Gasteiger partial charge is 0.0980 e. The number of rotatable bonds is 4. The van der Waals surface area contributed by atoms with Gasteiger partial charge < -0.3 is 10.6 Å². The Kier molecular flexibility index (Phi) is 7.76. The maximum Gasteiger partial charge on any atom is 0.0980 e. The Bertz CT molecular complexity index is 902. The van der Waals surface area contributed by atoms with E-state index in [4.69, 9.17) is 9.98 Å². The van der Waals surface area contributed by atoms with Crippen LogP contribution in [-0.2, 0) is 0 Å². The van der Waals surface area contributed by atoms with Gasteiger partial charge in [0.05, 0.1) is 23.8 Å². The van der Waals surface area contributed by atoms with Crippen molar-refractivity contribution in [2.24, 2.45) is 9.98 Å². The maximum absolute atomic E-state index is 5.09. The molecule has 0 aliphatic heterocycles. The van der Waals surface area contributed by atoms with Crippen LogP contribution < -0.4 is 10.6 Å². The fraction of sp³-hybridized carbons (Fsp3) is 0.500. The van der Waals surface area contributed by atoms with Crippen molar-refractivity contribution in [3.63, 3.8) is 0 Å². The monoisotopic (exact) mass is 432 g/mol. The van der Waals surface area contributed by atoms with Crippen LogP contribution in [0.3, 0.4) is 0 Å². The molecule has 2 aromatic rings. The first kappa shape index (κ1) is 24.0. The van der Waals surface area contributed by atoms with E-state index >= 15 is 0 Å². The van der Waals surface area contributed by atoms with E-state index in [2.05, 4.69) is 90.3 Å². The minimum absolute atomic E-state index is 0.222. The van der Waals surface area contributed by atoms with Gasteiger partial charge in [-0.15, -0.1) is 0 Å². The highest BCUT2D eigenvalue weighted by Crippen LogP contribution is 2.27. The maximum atomic E-state index is 5.09. The van der Waals surface area contributed by atoms with E-state index in [-0.39, 0.29) is 12.1 Å². The highest BCUT2D eigenvalue weighted by atomic mass is 15.1. The number of hydrogen-bond donors (Lipinski definition) is 2. The van der Waals surface area contributed by atoms with Crippen LogP contribution in [0.15, 0.2) is 34.3 Å². The quantitative estimate of drug-likeness (QED) is 0.396. The van der Waals surface area contributed by atoms with E-state index in [1.807, 2.05) is 0 Å². The third kappa shape index (κ3) is 5.99. The Morgan fingerprint density at radius 3 is 1.25 bits per heavy atom. The number of benzene rings is 2. The van der Waals surface area contributed by atoms with Crippen LogP contribution in [0.2, 0.25) is 0 Å². The molecule has 0 amide bonds. The molecule has 0 unspecified atom stereocenters. The molecule has 0 bridgehead atoms. The van der Waals surface area contributed by atoms with Gasteiger partial charge in [0.2, 0.25) is 0 Å². The van der Waals surface area contributed by atoms with Gasteiger partial charge >= 0.3 is 0 Å². The number of anilines is 2. The number of aryl methyl sites for hydroxylation is 6. The summed E-state index contributed by atoms with van der Waals surface area (Å²) in [6, 6.07) is 9.33. The Hall–Kier alpha value is -2.62. The molecule has 1 saturated carbocycles. The molecule has 2 aromatic carbocycles. The molecule has 1 fully saturated rings. The second kappa shape index (κ2) is 10.3. The first-order valence-corrected chi connectivity index (χ1v) is 11.9. The van der Waals surface area contributed by atoms with Crippen LogP contribution in [0, 0.1) is 41.5 Å². The third-order valence-electron chi connectivity index (χ3n) is 6.38. The fourth-order valence-corrected chi connectivity index (χ4v) is 5.07. The number of hydrogen-bond acceptors (Lipinski definition) is 2. The van der Waals surface area contributed by atoms with Crippen molar-refractivity contribution < 1.29 is 0 Å². The summed E-state index contributed by atoms with van der Waals surface area (Å²) in [5.74, 6) is 1.95. The van der Waals surface area contributed by atoms with Gasteiger partial charge in [0.1, 0.15) is 0 Å². The third-order valence-corrected chi connectivity index (χ3v) is 6.38. The Morgan fingerprint density at radius 1 is 0.625 bits per heavy atom. The molecular weight excluding hydrogens is 392 g/mol. The molecule has 4 heteroatoms. The van der Waals surface area contributed by atoms with Crippen molar-refractivity contribution in [1.29, 1.82) is 0 Å². The second-order valence-corrected chi connectivity index (χ2v) is 9.65. The fourth-order valence-electron chi connectivity index (χ4n) is 5.07. The summed E-state index contributed by atoms with van der Waals surface area (Å²) in [4.78, 5) is 10.2. The molecule has 172 valence electrons. The molecule has 0 saturated heterocycles. The zero-order valence-electron chi connectivity index (χ0n) is 21.2. The predicted octanol–water partition coefficient (Wildman–Crippen LogP) is 7.21. The Morgan fingerprint density at radius 2 is 0.938 bits per heavy atom. The van der Waals surface area contributed by atoms with Gasteiger partial charge in [0.15, 0.2) is 0 Å². The SMILES string of the molecule is CC(=N[C@@H]1CCCC[C@H]1N=C(C)Nc1c(C)cc(C)cc1C)Nc1c(C)cc(C)cc1C. The summed E-state index contributed by atoms with van der Waals surface area (Å²) in [6.45, 7) is 17.1. The van der Waals surface area contributed by atoms with E-state index in [9.17, 15) is 0 Å². The molecule has 32 heavy (non-hydrogen) atoms. The predicted molar refractivity (Wildman–Crippen MR) is 141 cm³/mol. The van der Waals surface area contributed by atoms with Crippen molar-refractivity contribution >= 4 is 23.0 Å². The lowest BCUT2D eigenvalue weighted by atomic mass is 9.91. The second-order valence-electron chi connectivity index (χ2n) is 9.65. The highest BCUT2D eigenvalue weighted by molar-refractivity contribution is 5.96. The normalized spacial score (nSPS) is 19.8. The zero-order chi connectivity index (χ0) is 23.4. The summed E-state index contributed by atoms with van der Waals surface area (Å²) < 4.78 is 0. The lowest BCUT2D eigenvalue weighted by molar-refractivity contribution is 0.388. The largest absolute Gasteiger partial charge is 0.344 e. The molecule has 2 atom stereocenters. The summed E-state index contributed by atoms with van der Waals surface area (Å²) in [5, 5.41) is 7.15. The van der Waals surface area contributed by atoms with Crippen LogP contribution in [0.4, 0.5) is 11.4 Å². The minimum Gasteiger partial charge on any atom is -0.344 e. The number of aliphatic imine (C=N–C) groups is 2. The molecule has 1 aliphatic rings. The van der Waals surface area contributed by atoms with Crippen LogP contribution in [0.5, 0.6) is 0 Å². The molecule has 1 aliphatic carbocycles. The zero-order valence-corrected chi connectivity index (χ0v) is 21.2. The Labute approximate surface area is 194 Å². The molecule has 2 N–H and O–H groups in total. The van der Waals surface area contributed by atoms with Gasteiger partial charge in [-0.25, -0.2) is 0 Å². The molecule has 3 rings (SSSR count). The summed E-state index contributed by atoms with van der Waals surface area (Å²) in [5.41, 5.74) is 10.00. The topological polar surface area (TPSA) is 48.8 Å². The van der Waals surface area contributed by atoms with E-state index < -0.39 is 0 Å². The van der Waals surface area contributed by atoms with E-state index in [1.165, 1.54) is 57.6 Å². The lowest BCUT2D eigenvalue weighted by Crippen LogP contribution is -2.30. The van der Waals surface area contributed by atoms with Crippen molar-refractivity contribution in [2.75, 3.05) is 10.6 Å². The van der Waals surface area contributed by atoms with Gasteiger partial charge in [0, 0.05) is 11.4 Å². The lowest BCUT2D eigenvalue weighted by Gasteiger charge is -2.27. The van der Waals surface area contributed by atoms with Gasteiger partial charge in [-0.2, -0.15) is 0 Å². The van der Waals surface area contributed by atoms with Crippen molar-refractivity contribution in [3.05, 3.63) is 57.6 Å². The molecule has 0 aromatic heterocycles. The number of amidine groups is 2. The first-order valence-electron chi connectivity index (χ1n) is 11.9. The number of nitrogens with one attached hydrogen (secondary N) is 2. The molecule has 0 spiro atoms. The molecular formula is C28H40N4. The van der Waals surface area contributed by atoms with E-state index in [0.717, 1.165) is 24.5 Å². The average molecular weight is 433 g/mol. The minimum atomic E-state index is 0.222. The van der Waals surface area contributed by atoms with Gasteiger partial charge in [0.25, 0.3) is 0 Å². The molecule has 0 radical (unpaired) electrons. The standard InChI is InChI=1S/C28H40N4/c1-17-13-19(3)27(20(4)14-17)31-23(7)29-25-11-9-10-12-26(25)30-24(8)32-28-21(5)15-18(2)16-22(28)6/h13-16,25-26H,9-12H2,1-8H3,(H,29,31)(H,30,32)/t25-,26-/m1/s1. The van der Waals surface area contributed by atoms with E-state index in [1.54, 1.807) is 0 Å². The average Bonchev–Trinajstić information content (AvgIpc) is 2.69. The number of nitrogens with zero attached hydrogens (tertiary/aromatic N) is 2. The van der Waals surface area contributed by atoms with Gasteiger partial charge in [-0.1, -0.05) is 48.2 Å². The summed E-state index contributed by atoms with van der Waals surface area (Å²) >= 11 is 0. The van der Waals surface area contributed by atoms with Gasteiger partial charge in [-0.05, 0) is 90.5 Å². The molecule has 4 nitrogen and oxygen atoms in total. The summed E-state index contributed by atoms with van der Waals surface area (Å²) in [6.07, 6.45) is 4.63. The van der Waals surface area contributed by atoms with Crippen molar-refractivity contribution in [3.8, 4) is 0 Å². The van der Waals surface area contributed by atoms with Crippen LogP contribution in [0.25, 0.3) is 0 Å². The van der Waals surface area contributed by atoms with Gasteiger partial charge in [-0.3, -0.25) is 9.98 Å². The highest BCUT2D eigenvalue weighted by Gasteiger charge is 2.25.